The van der Waals surface area contributed by atoms with Crippen molar-refractivity contribution in [2.75, 3.05) is 37.9 Å². The quantitative estimate of drug-likeness (QED) is 0.736. The predicted octanol–water partition coefficient (Wildman–Crippen LogP) is 2.72. The topological polar surface area (TPSA) is 38.5 Å². The molecule has 1 aromatic rings. The van der Waals surface area contributed by atoms with Crippen LogP contribution in [0, 0.1) is 0 Å². The van der Waals surface area contributed by atoms with Crippen LogP contribution in [0.4, 0.5) is 5.69 Å². The molecule has 18 heavy (non-hydrogen) atoms. The first kappa shape index (κ1) is 15.2. The highest BCUT2D eigenvalue weighted by atomic mass is 32.2. The second kappa shape index (κ2) is 8.27. The normalized spacial score (nSPS) is 12.7. The minimum absolute atomic E-state index is 0.592. The number of thioether (sulfide) groups is 1. The van der Waals surface area contributed by atoms with Gasteiger partial charge in [-0.2, -0.15) is 11.8 Å². The van der Waals surface area contributed by atoms with Crippen LogP contribution in [0.25, 0.3) is 0 Å². The second-order valence-corrected chi connectivity index (χ2v) is 5.48. The zero-order valence-electron chi connectivity index (χ0n) is 11.6. The van der Waals surface area contributed by atoms with Gasteiger partial charge in [-0.25, -0.2) is 0 Å². The first-order valence-corrected chi connectivity index (χ1v) is 7.71. The van der Waals surface area contributed by atoms with Gasteiger partial charge in [0.25, 0.3) is 0 Å². The Morgan fingerprint density at radius 1 is 1.39 bits per heavy atom. The fourth-order valence-corrected chi connectivity index (χ4v) is 2.22. The third kappa shape index (κ3) is 5.19. The van der Waals surface area contributed by atoms with Crippen molar-refractivity contribution in [3.05, 3.63) is 24.3 Å². The van der Waals surface area contributed by atoms with E-state index in [4.69, 9.17) is 10.5 Å². The van der Waals surface area contributed by atoms with Gasteiger partial charge >= 0.3 is 0 Å². The van der Waals surface area contributed by atoms with E-state index in [-0.39, 0.29) is 0 Å². The molecule has 0 fully saturated rings. The van der Waals surface area contributed by atoms with E-state index in [9.17, 15) is 0 Å². The smallest absolute Gasteiger partial charge is 0.142 e. The van der Waals surface area contributed by atoms with Crippen molar-refractivity contribution in [2.45, 2.75) is 19.4 Å². The number of rotatable bonds is 8. The maximum absolute atomic E-state index is 5.82. The molecule has 3 nitrogen and oxygen atoms in total. The Labute approximate surface area is 115 Å². The van der Waals surface area contributed by atoms with E-state index >= 15 is 0 Å². The molecule has 4 heteroatoms. The number of hydrogen-bond acceptors (Lipinski definition) is 4. The van der Waals surface area contributed by atoms with E-state index in [0.717, 1.165) is 12.3 Å². The summed E-state index contributed by atoms with van der Waals surface area (Å²) in [7, 11) is 2.14. The zero-order valence-corrected chi connectivity index (χ0v) is 12.4. The highest BCUT2D eigenvalue weighted by molar-refractivity contribution is 7.98. The van der Waals surface area contributed by atoms with Crippen molar-refractivity contribution in [3.63, 3.8) is 0 Å². The molecular formula is C14H24N2OS. The molecule has 0 aliphatic carbocycles. The lowest BCUT2D eigenvalue weighted by Crippen LogP contribution is -2.33. The summed E-state index contributed by atoms with van der Waals surface area (Å²) >= 11 is 1.90. The molecule has 0 radical (unpaired) electrons. The van der Waals surface area contributed by atoms with E-state index in [1.54, 1.807) is 0 Å². The van der Waals surface area contributed by atoms with Crippen molar-refractivity contribution in [3.8, 4) is 5.75 Å². The summed E-state index contributed by atoms with van der Waals surface area (Å²) in [4.78, 5) is 2.33. The molecule has 0 bridgehead atoms. The molecule has 0 spiro atoms. The number of nitrogens with two attached hydrogens (primary N) is 1. The van der Waals surface area contributed by atoms with Gasteiger partial charge in [-0.3, -0.25) is 0 Å². The maximum Gasteiger partial charge on any atom is 0.142 e. The zero-order chi connectivity index (χ0) is 13.4. The molecule has 2 N–H and O–H groups in total. The Hall–Kier alpha value is -0.870. The summed E-state index contributed by atoms with van der Waals surface area (Å²) in [6.45, 7) is 3.85. The van der Waals surface area contributed by atoms with Crippen LogP contribution in [-0.4, -0.2) is 43.1 Å². The number of benzene rings is 1. The van der Waals surface area contributed by atoms with Crippen LogP contribution in [0.2, 0.25) is 0 Å². The Bertz CT molecular complexity index is 346. The van der Waals surface area contributed by atoms with Crippen molar-refractivity contribution < 1.29 is 4.74 Å². The number of para-hydroxylation sites is 2. The third-order valence-electron chi connectivity index (χ3n) is 3.11. The van der Waals surface area contributed by atoms with E-state index in [0.29, 0.717) is 18.3 Å². The molecule has 0 saturated carbocycles. The second-order valence-electron chi connectivity index (χ2n) is 4.50. The number of nitrogen functional groups attached to an aromatic ring is 1. The van der Waals surface area contributed by atoms with Gasteiger partial charge in [-0.15, -0.1) is 0 Å². The highest BCUT2D eigenvalue weighted by Gasteiger charge is 2.08. The van der Waals surface area contributed by atoms with Crippen LogP contribution in [0.15, 0.2) is 24.3 Å². The summed E-state index contributed by atoms with van der Waals surface area (Å²) in [6.07, 6.45) is 3.36. The number of likely N-dealkylation sites (N-methyl/N-ethyl adjacent to an activating group) is 1. The molecule has 1 aromatic carbocycles. The van der Waals surface area contributed by atoms with Crippen LogP contribution in [-0.2, 0) is 0 Å². The van der Waals surface area contributed by atoms with Gasteiger partial charge in [0.2, 0.25) is 0 Å². The van der Waals surface area contributed by atoms with Gasteiger partial charge in [0, 0.05) is 12.6 Å². The standard InChI is InChI=1S/C14H24N2OS/c1-12(8-11-18-3)16(2)9-10-17-14-7-5-4-6-13(14)15/h4-7,12H,8-11,15H2,1-3H3. The first-order chi connectivity index (χ1) is 8.65. The predicted molar refractivity (Wildman–Crippen MR) is 81.4 cm³/mol. The van der Waals surface area contributed by atoms with E-state index in [2.05, 4.69) is 25.1 Å². The average molecular weight is 268 g/mol. The fourth-order valence-electron chi connectivity index (χ4n) is 1.64. The summed E-state index contributed by atoms with van der Waals surface area (Å²) in [5.41, 5.74) is 6.53. The highest BCUT2D eigenvalue weighted by Crippen LogP contribution is 2.19. The largest absolute Gasteiger partial charge is 0.490 e. The number of nitrogens with zero attached hydrogens (tertiary/aromatic N) is 1. The van der Waals surface area contributed by atoms with Crippen LogP contribution >= 0.6 is 11.8 Å². The molecule has 0 amide bonds. The summed E-state index contributed by atoms with van der Waals surface area (Å²) in [5, 5.41) is 0. The SMILES string of the molecule is CSCCC(C)N(C)CCOc1ccccc1N. The molecular weight excluding hydrogens is 244 g/mol. The van der Waals surface area contributed by atoms with Gasteiger partial charge in [-0.1, -0.05) is 12.1 Å². The number of anilines is 1. The van der Waals surface area contributed by atoms with Crippen LogP contribution in [0.1, 0.15) is 13.3 Å². The Morgan fingerprint density at radius 3 is 2.78 bits per heavy atom. The minimum atomic E-state index is 0.592. The Morgan fingerprint density at radius 2 is 2.11 bits per heavy atom. The lowest BCUT2D eigenvalue weighted by atomic mass is 10.2. The Kier molecular flexibility index (Phi) is 6.98. The molecule has 0 aliphatic heterocycles. The molecule has 1 rings (SSSR count). The van der Waals surface area contributed by atoms with Crippen molar-refractivity contribution in [2.24, 2.45) is 0 Å². The summed E-state index contributed by atoms with van der Waals surface area (Å²) in [5.74, 6) is 1.99. The average Bonchev–Trinajstić information content (AvgIpc) is 2.38. The van der Waals surface area contributed by atoms with Gasteiger partial charge < -0.3 is 15.4 Å². The molecule has 0 saturated heterocycles. The fraction of sp³-hybridized carbons (Fsp3) is 0.571. The molecule has 102 valence electrons. The lowest BCUT2D eigenvalue weighted by Gasteiger charge is -2.24. The van der Waals surface area contributed by atoms with Gasteiger partial charge in [0.1, 0.15) is 12.4 Å². The molecule has 1 atom stereocenters. The Balaban J connectivity index is 2.27. The van der Waals surface area contributed by atoms with Crippen LogP contribution in [0.5, 0.6) is 5.75 Å². The molecule has 0 aromatic heterocycles. The van der Waals surface area contributed by atoms with Crippen LogP contribution in [0.3, 0.4) is 0 Å². The van der Waals surface area contributed by atoms with E-state index in [1.165, 1.54) is 12.2 Å². The molecule has 1 unspecified atom stereocenters. The summed E-state index contributed by atoms with van der Waals surface area (Å²) in [6, 6.07) is 8.22. The third-order valence-corrected chi connectivity index (χ3v) is 3.76. The van der Waals surface area contributed by atoms with E-state index < -0.39 is 0 Å². The van der Waals surface area contributed by atoms with Crippen molar-refractivity contribution in [1.82, 2.24) is 4.90 Å². The lowest BCUT2D eigenvalue weighted by molar-refractivity contribution is 0.198. The number of ether oxygens (including phenoxy) is 1. The monoisotopic (exact) mass is 268 g/mol. The van der Waals surface area contributed by atoms with Crippen molar-refractivity contribution >= 4 is 17.4 Å². The minimum Gasteiger partial charge on any atom is -0.490 e. The van der Waals surface area contributed by atoms with Crippen LogP contribution < -0.4 is 10.5 Å². The van der Waals surface area contributed by atoms with Gasteiger partial charge in [0.05, 0.1) is 5.69 Å². The molecule has 0 aliphatic rings. The maximum atomic E-state index is 5.82. The van der Waals surface area contributed by atoms with E-state index in [1.807, 2.05) is 36.0 Å². The van der Waals surface area contributed by atoms with Gasteiger partial charge in [-0.05, 0) is 44.5 Å². The number of hydrogen-bond donors (Lipinski definition) is 1. The summed E-state index contributed by atoms with van der Waals surface area (Å²) < 4.78 is 5.69. The first-order valence-electron chi connectivity index (χ1n) is 6.31. The molecule has 0 heterocycles. The van der Waals surface area contributed by atoms with Gasteiger partial charge in [0.15, 0.2) is 0 Å². The van der Waals surface area contributed by atoms with Crippen molar-refractivity contribution in [1.29, 1.82) is 0 Å².